The van der Waals surface area contributed by atoms with Crippen LogP contribution in [0.4, 0.5) is 0 Å². The van der Waals surface area contributed by atoms with Gasteiger partial charge in [-0.2, -0.15) is 0 Å². The molecule has 5 heteroatoms. The number of halogens is 1. The van der Waals surface area contributed by atoms with E-state index in [0.29, 0.717) is 12.8 Å². The number of benzene rings is 1. The lowest BCUT2D eigenvalue weighted by Gasteiger charge is -2.29. The number of nitrogens with zero attached hydrogens (tertiary/aromatic N) is 1. The van der Waals surface area contributed by atoms with E-state index in [9.17, 15) is 14.7 Å². The number of rotatable bonds is 2. The molecule has 1 saturated heterocycles. The fourth-order valence-corrected chi connectivity index (χ4v) is 2.76. The Kier molecular flexibility index (Phi) is 4.54. The maximum atomic E-state index is 12.5. The number of imide groups is 1. The zero-order valence-electron chi connectivity index (χ0n) is 12.5. The molecule has 1 aliphatic heterocycles. The highest BCUT2D eigenvalue weighted by atomic mass is 79.9. The lowest BCUT2D eigenvalue weighted by molar-refractivity contribution is -0.151. The van der Waals surface area contributed by atoms with Crippen molar-refractivity contribution < 1.29 is 14.7 Å². The molecule has 0 aromatic heterocycles. The Morgan fingerprint density at radius 3 is 2.43 bits per heavy atom. The Morgan fingerprint density at radius 1 is 1.33 bits per heavy atom. The number of hydrogen-bond acceptors (Lipinski definition) is 3. The SMILES string of the molecule is CC(C)(C)C(=O)N1C(=O)C(O)C[C@H]1Cc1ccc(Br)cc1. The van der Waals surface area contributed by atoms with Gasteiger partial charge in [0.05, 0.1) is 0 Å². The fourth-order valence-electron chi connectivity index (χ4n) is 2.50. The molecular formula is C16H20BrNO3. The Morgan fingerprint density at radius 2 is 1.90 bits per heavy atom. The molecule has 2 amide bonds. The third-order valence-corrected chi connectivity index (χ3v) is 4.16. The van der Waals surface area contributed by atoms with Crippen LogP contribution in [0.5, 0.6) is 0 Å². The third kappa shape index (κ3) is 3.52. The Bertz CT molecular complexity index is 548. The van der Waals surface area contributed by atoms with Crippen LogP contribution >= 0.6 is 15.9 Å². The summed E-state index contributed by atoms with van der Waals surface area (Å²) in [7, 11) is 0. The first-order valence-corrected chi connectivity index (χ1v) is 7.79. The minimum atomic E-state index is -1.07. The van der Waals surface area contributed by atoms with E-state index in [1.54, 1.807) is 20.8 Å². The molecule has 1 heterocycles. The van der Waals surface area contributed by atoms with Gasteiger partial charge in [0.2, 0.25) is 5.91 Å². The van der Waals surface area contributed by atoms with Gasteiger partial charge >= 0.3 is 0 Å². The summed E-state index contributed by atoms with van der Waals surface area (Å²) in [5, 5.41) is 9.82. The summed E-state index contributed by atoms with van der Waals surface area (Å²) in [6.07, 6.45) is -0.203. The molecule has 2 rings (SSSR count). The summed E-state index contributed by atoms with van der Waals surface area (Å²) in [6, 6.07) is 7.50. The average Bonchev–Trinajstić information content (AvgIpc) is 2.66. The quantitative estimate of drug-likeness (QED) is 0.888. The molecular weight excluding hydrogens is 334 g/mol. The highest BCUT2D eigenvalue weighted by Crippen LogP contribution is 2.28. The molecule has 1 aromatic rings. The molecule has 0 radical (unpaired) electrons. The molecule has 4 nitrogen and oxygen atoms in total. The van der Waals surface area contributed by atoms with Crippen molar-refractivity contribution in [3.8, 4) is 0 Å². The first-order valence-electron chi connectivity index (χ1n) is 7.00. The Balaban J connectivity index is 2.22. The molecule has 1 fully saturated rings. The summed E-state index contributed by atoms with van der Waals surface area (Å²) in [4.78, 5) is 25.8. The van der Waals surface area contributed by atoms with Crippen molar-refractivity contribution in [1.82, 2.24) is 4.90 Å². The van der Waals surface area contributed by atoms with E-state index < -0.39 is 17.4 Å². The highest BCUT2D eigenvalue weighted by molar-refractivity contribution is 9.10. The van der Waals surface area contributed by atoms with E-state index in [4.69, 9.17) is 0 Å². The number of amides is 2. The maximum absolute atomic E-state index is 12.5. The predicted molar refractivity (Wildman–Crippen MR) is 83.6 cm³/mol. The first-order chi connectivity index (χ1) is 9.70. The zero-order chi connectivity index (χ0) is 15.8. The van der Waals surface area contributed by atoms with Crippen molar-refractivity contribution >= 4 is 27.7 Å². The summed E-state index contributed by atoms with van der Waals surface area (Å²) in [5.74, 6) is -0.705. The molecule has 2 atom stereocenters. The lowest BCUT2D eigenvalue weighted by Crippen LogP contribution is -2.46. The minimum absolute atomic E-state index is 0.230. The van der Waals surface area contributed by atoms with Gasteiger partial charge in [-0.15, -0.1) is 0 Å². The van der Waals surface area contributed by atoms with E-state index in [1.807, 2.05) is 24.3 Å². The monoisotopic (exact) mass is 353 g/mol. The number of hydrogen-bond donors (Lipinski definition) is 1. The van der Waals surface area contributed by atoms with Crippen LogP contribution in [-0.4, -0.2) is 34.0 Å². The minimum Gasteiger partial charge on any atom is -0.383 e. The van der Waals surface area contributed by atoms with Gasteiger partial charge < -0.3 is 5.11 Å². The van der Waals surface area contributed by atoms with E-state index in [0.717, 1.165) is 10.0 Å². The van der Waals surface area contributed by atoms with Gasteiger partial charge in [0, 0.05) is 22.4 Å². The van der Waals surface area contributed by atoms with Crippen molar-refractivity contribution in [3.05, 3.63) is 34.3 Å². The lowest BCUT2D eigenvalue weighted by atomic mass is 9.93. The van der Waals surface area contributed by atoms with Crippen LogP contribution in [0, 0.1) is 5.41 Å². The summed E-state index contributed by atoms with van der Waals surface area (Å²) in [6.45, 7) is 5.35. The van der Waals surface area contributed by atoms with Crippen LogP contribution in [0.2, 0.25) is 0 Å². The van der Waals surface area contributed by atoms with Crippen LogP contribution in [-0.2, 0) is 16.0 Å². The van der Waals surface area contributed by atoms with Crippen molar-refractivity contribution in [1.29, 1.82) is 0 Å². The number of aliphatic hydroxyl groups excluding tert-OH is 1. The Hall–Kier alpha value is -1.20. The summed E-state index contributed by atoms with van der Waals surface area (Å²) >= 11 is 3.38. The normalized spacial score (nSPS) is 22.7. The van der Waals surface area contributed by atoms with Gasteiger partial charge in [-0.1, -0.05) is 48.8 Å². The van der Waals surface area contributed by atoms with E-state index in [2.05, 4.69) is 15.9 Å². The Labute approximate surface area is 133 Å². The predicted octanol–water partition coefficient (Wildman–Crippen LogP) is 2.53. The molecule has 0 spiro atoms. The van der Waals surface area contributed by atoms with Crippen molar-refractivity contribution in [2.45, 2.75) is 45.8 Å². The average molecular weight is 354 g/mol. The van der Waals surface area contributed by atoms with Gasteiger partial charge in [-0.3, -0.25) is 14.5 Å². The smallest absolute Gasteiger partial charge is 0.258 e. The second-order valence-corrected chi connectivity index (χ2v) is 7.41. The second-order valence-electron chi connectivity index (χ2n) is 6.50. The fraction of sp³-hybridized carbons (Fsp3) is 0.500. The summed E-state index contributed by atoms with van der Waals surface area (Å²) in [5.41, 5.74) is 0.398. The van der Waals surface area contributed by atoms with Crippen LogP contribution in [0.15, 0.2) is 28.7 Å². The topological polar surface area (TPSA) is 57.6 Å². The van der Waals surface area contributed by atoms with Gasteiger partial charge in [-0.25, -0.2) is 0 Å². The van der Waals surface area contributed by atoms with E-state index >= 15 is 0 Å². The number of likely N-dealkylation sites (tertiary alicyclic amines) is 1. The largest absolute Gasteiger partial charge is 0.383 e. The number of carbonyl (C=O) groups is 2. The molecule has 1 unspecified atom stereocenters. The molecule has 21 heavy (non-hydrogen) atoms. The van der Waals surface area contributed by atoms with Crippen molar-refractivity contribution in [3.63, 3.8) is 0 Å². The molecule has 114 valence electrons. The molecule has 1 aliphatic rings. The van der Waals surface area contributed by atoms with Gasteiger partial charge in [0.1, 0.15) is 6.10 Å². The van der Waals surface area contributed by atoms with E-state index in [-0.39, 0.29) is 11.9 Å². The number of aliphatic hydroxyl groups is 1. The van der Waals surface area contributed by atoms with Gasteiger partial charge in [0.25, 0.3) is 5.91 Å². The van der Waals surface area contributed by atoms with Crippen LogP contribution in [0.3, 0.4) is 0 Å². The number of carbonyl (C=O) groups excluding carboxylic acids is 2. The third-order valence-electron chi connectivity index (χ3n) is 3.63. The molecule has 0 bridgehead atoms. The molecule has 1 N–H and O–H groups in total. The van der Waals surface area contributed by atoms with Crippen LogP contribution in [0.25, 0.3) is 0 Å². The van der Waals surface area contributed by atoms with Crippen LogP contribution < -0.4 is 0 Å². The highest BCUT2D eigenvalue weighted by Gasteiger charge is 2.45. The van der Waals surface area contributed by atoms with Gasteiger partial charge in [-0.05, 0) is 24.1 Å². The molecule has 0 aliphatic carbocycles. The zero-order valence-corrected chi connectivity index (χ0v) is 14.1. The van der Waals surface area contributed by atoms with Gasteiger partial charge in [0.15, 0.2) is 0 Å². The second kappa shape index (κ2) is 5.89. The van der Waals surface area contributed by atoms with Crippen molar-refractivity contribution in [2.24, 2.45) is 5.41 Å². The standard InChI is InChI=1S/C16H20BrNO3/c1-16(2,3)15(21)18-12(9-13(19)14(18)20)8-10-4-6-11(17)7-5-10/h4-7,12-13,19H,8-9H2,1-3H3/t12-,13?/m1/s1. The maximum Gasteiger partial charge on any atom is 0.258 e. The summed E-state index contributed by atoms with van der Waals surface area (Å²) < 4.78 is 0.983. The van der Waals surface area contributed by atoms with Crippen molar-refractivity contribution in [2.75, 3.05) is 0 Å². The molecule has 1 aromatic carbocycles. The first kappa shape index (κ1) is 16.2. The molecule has 0 saturated carbocycles. The van der Waals surface area contributed by atoms with Crippen LogP contribution in [0.1, 0.15) is 32.8 Å². The van der Waals surface area contributed by atoms with E-state index in [1.165, 1.54) is 4.90 Å².